The lowest BCUT2D eigenvalue weighted by Gasteiger charge is -2.22. The van der Waals surface area contributed by atoms with Gasteiger partial charge in [-0.05, 0) is 12.1 Å². The molecule has 0 saturated carbocycles. The molecule has 0 unspecified atom stereocenters. The summed E-state index contributed by atoms with van der Waals surface area (Å²) in [5, 5.41) is 3.34. The predicted molar refractivity (Wildman–Crippen MR) is 97.5 cm³/mol. The largest absolute Gasteiger partial charge is 0.471 e. The zero-order chi connectivity index (χ0) is 22.9. The Hall–Kier alpha value is -3.62. The van der Waals surface area contributed by atoms with Crippen LogP contribution >= 0.6 is 11.3 Å². The van der Waals surface area contributed by atoms with E-state index in [1.54, 1.807) is 6.07 Å². The van der Waals surface area contributed by atoms with Crippen molar-refractivity contribution in [1.29, 1.82) is 0 Å². The van der Waals surface area contributed by atoms with Gasteiger partial charge in [-0.1, -0.05) is 5.16 Å². The van der Waals surface area contributed by atoms with Crippen LogP contribution in [0.15, 0.2) is 47.6 Å². The zero-order valence-electron chi connectivity index (χ0n) is 15.5. The number of rotatable bonds is 5. The molecule has 0 N–H and O–H groups in total. The number of alkyl halides is 6. The molecule has 0 aliphatic carbocycles. The number of anilines is 2. The van der Waals surface area contributed by atoms with E-state index in [9.17, 15) is 26.3 Å². The molecule has 166 valence electrons. The first kappa shape index (κ1) is 21.6. The standard InChI is InChI=1S/C17H9F6N7OS/c18-16(19,20)14-26-5-9(6-27-14)30(12-7-24-3-4-25-12)8-10-1-2-11(32-10)13-28-15(31-29-13)17(21,22)23/h1-7H,8H2. The topological polar surface area (TPSA) is 93.7 Å². The van der Waals surface area contributed by atoms with Crippen LogP contribution in [0.25, 0.3) is 10.7 Å². The number of aromatic nitrogens is 6. The second kappa shape index (κ2) is 8.14. The summed E-state index contributed by atoms with van der Waals surface area (Å²) in [4.78, 5) is 20.6. The first-order chi connectivity index (χ1) is 15.1. The van der Waals surface area contributed by atoms with Crippen LogP contribution in [0.4, 0.5) is 37.8 Å². The van der Waals surface area contributed by atoms with Gasteiger partial charge in [0.2, 0.25) is 11.6 Å². The average molecular weight is 473 g/mol. The summed E-state index contributed by atoms with van der Waals surface area (Å²) in [7, 11) is 0. The third-order valence-electron chi connectivity index (χ3n) is 3.89. The molecule has 0 aliphatic heterocycles. The van der Waals surface area contributed by atoms with E-state index >= 15 is 0 Å². The molecule has 0 atom stereocenters. The summed E-state index contributed by atoms with van der Waals surface area (Å²) in [5.74, 6) is -2.70. The third kappa shape index (κ3) is 4.66. The molecular weight excluding hydrogens is 464 g/mol. The Morgan fingerprint density at radius 1 is 0.906 bits per heavy atom. The Kier molecular flexibility index (Phi) is 5.50. The smallest absolute Gasteiger partial charge is 0.329 e. The molecule has 0 aromatic carbocycles. The maximum Gasteiger partial charge on any atom is 0.471 e. The lowest BCUT2D eigenvalue weighted by Crippen LogP contribution is -2.19. The molecule has 0 bridgehead atoms. The fourth-order valence-corrected chi connectivity index (χ4v) is 3.44. The number of hydrogen-bond acceptors (Lipinski definition) is 9. The second-order valence-electron chi connectivity index (χ2n) is 6.10. The molecule has 4 rings (SSSR count). The van der Waals surface area contributed by atoms with Crippen molar-refractivity contribution in [3.05, 3.63) is 59.7 Å². The summed E-state index contributed by atoms with van der Waals surface area (Å²) >= 11 is 1.07. The number of halogens is 6. The predicted octanol–water partition coefficient (Wildman–Crippen LogP) is 4.75. The molecular formula is C17H9F6N7OS. The van der Waals surface area contributed by atoms with Crippen LogP contribution in [-0.4, -0.2) is 30.1 Å². The van der Waals surface area contributed by atoms with E-state index < -0.39 is 24.1 Å². The van der Waals surface area contributed by atoms with E-state index in [-0.39, 0.29) is 18.1 Å². The summed E-state index contributed by atoms with van der Waals surface area (Å²) in [5.41, 5.74) is 0.201. The molecule has 0 radical (unpaired) electrons. The van der Waals surface area contributed by atoms with Crippen LogP contribution in [0.3, 0.4) is 0 Å². The molecule has 4 aromatic heterocycles. The van der Waals surface area contributed by atoms with Crippen LogP contribution in [0.2, 0.25) is 0 Å². The highest BCUT2D eigenvalue weighted by atomic mass is 32.1. The lowest BCUT2D eigenvalue weighted by molar-refractivity contribution is -0.159. The van der Waals surface area contributed by atoms with Crippen LogP contribution in [-0.2, 0) is 18.9 Å². The van der Waals surface area contributed by atoms with Gasteiger partial charge in [-0.25, -0.2) is 15.0 Å². The van der Waals surface area contributed by atoms with Gasteiger partial charge in [-0.3, -0.25) is 4.98 Å². The average Bonchev–Trinajstić information content (AvgIpc) is 3.41. The maximum absolute atomic E-state index is 12.8. The summed E-state index contributed by atoms with van der Waals surface area (Å²) < 4.78 is 80.6. The zero-order valence-corrected chi connectivity index (χ0v) is 16.3. The van der Waals surface area contributed by atoms with Crippen molar-refractivity contribution >= 4 is 22.8 Å². The third-order valence-corrected chi connectivity index (χ3v) is 4.96. The van der Waals surface area contributed by atoms with E-state index in [2.05, 4.69) is 34.6 Å². The minimum absolute atomic E-state index is 0.0854. The monoisotopic (exact) mass is 473 g/mol. The van der Waals surface area contributed by atoms with Crippen molar-refractivity contribution in [2.75, 3.05) is 4.90 Å². The van der Waals surface area contributed by atoms with Gasteiger partial charge < -0.3 is 9.42 Å². The lowest BCUT2D eigenvalue weighted by atomic mass is 10.3. The van der Waals surface area contributed by atoms with Crippen molar-refractivity contribution < 1.29 is 30.9 Å². The van der Waals surface area contributed by atoms with E-state index in [0.29, 0.717) is 15.6 Å². The van der Waals surface area contributed by atoms with E-state index in [1.807, 2.05) is 0 Å². The van der Waals surface area contributed by atoms with Gasteiger partial charge in [0.05, 0.1) is 35.7 Å². The van der Waals surface area contributed by atoms with Gasteiger partial charge in [-0.2, -0.15) is 31.3 Å². The van der Waals surface area contributed by atoms with Crippen molar-refractivity contribution in [3.63, 3.8) is 0 Å². The highest BCUT2D eigenvalue weighted by Crippen LogP contribution is 2.34. The molecule has 4 aromatic rings. The minimum Gasteiger partial charge on any atom is -0.329 e. The van der Waals surface area contributed by atoms with Gasteiger partial charge >= 0.3 is 18.2 Å². The van der Waals surface area contributed by atoms with Gasteiger partial charge in [0, 0.05) is 17.3 Å². The number of nitrogens with zero attached hydrogens (tertiary/aromatic N) is 7. The van der Waals surface area contributed by atoms with Crippen LogP contribution in [0, 0.1) is 0 Å². The fourth-order valence-electron chi connectivity index (χ4n) is 2.52. The highest BCUT2D eigenvalue weighted by molar-refractivity contribution is 7.15. The molecule has 8 nitrogen and oxygen atoms in total. The van der Waals surface area contributed by atoms with Crippen molar-refractivity contribution in [2.24, 2.45) is 0 Å². The highest BCUT2D eigenvalue weighted by Gasteiger charge is 2.38. The molecule has 4 heterocycles. The summed E-state index contributed by atoms with van der Waals surface area (Å²) in [6.45, 7) is 0.0854. The first-order valence-electron chi connectivity index (χ1n) is 8.54. The minimum atomic E-state index is -4.77. The summed E-state index contributed by atoms with van der Waals surface area (Å²) in [6, 6.07) is 3.11. The van der Waals surface area contributed by atoms with Gasteiger partial charge in [0.15, 0.2) is 5.82 Å². The fraction of sp³-hybridized carbons (Fsp3) is 0.176. The first-order valence-corrected chi connectivity index (χ1v) is 9.36. The quantitative estimate of drug-likeness (QED) is 0.383. The summed E-state index contributed by atoms with van der Waals surface area (Å²) in [6.07, 6.45) is -3.27. The molecule has 0 aliphatic rings. The number of hydrogen-bond donors (Lipinski definition) is 0. The van der Waals surface area contributed by atoms with Crippen LogP contribution in [0.5, 0.6) is 0 Å². The Morgan fingerprint density at radius 2 is 1.66 bits per heavy atom. The Labute approximate surface area is 178 Å². The second-order valence-corrected chi connectivity index (χ2v) is 7.27. The molecule has 0 fully saturated rings. The maximum atomic E-state index is 12.8. The van der Waals surface area contributed by atoms with Crippen LogP contribution < -0.4 is 4.90 Å². The van der Waals surface area contributed by atoms with E-state index in [0.717, 1.165) is 23.7 Å². The Balaban J connectivity index is 1.62. The van der Waals surface area contributed by atoms with Crippen LogP contribution in [0.1, 0.15) is 16.6 Å². The SMILES string of the molecule is FC(F)(F)c1ncc(N(Cc2ccc(-c3noc(C(F)(F)F)n3)s2)c2cnccn2)cn1. The molecule has 0 spiro atoms. The van der Waals surface area contributed by atoms with Crippen molar-refractivity contribution in [3.8, 4) is 10.7 Å². The van der Waals surface area contributed by atoms with Gasteiger partial charge in [-0.15, -0.1) is 11.3 Å². The molecule has 15 heteroatoms. The van der Waals surface area contributed by atoms with E-state index in [1.165, 1.54) is 29.6 Å². The van der Waals surface area contributed by atoms with Gasteiger partial charge in [0.25, 0.3) is 0 Å². The molecule has 32 heavy (non-hydrogen) atoms. The normalized spacial score (nSPS) is 12.2. The van der Waals surface area contributed by atoms with Gasteiger partial charge in [0.1, 0.15) is 0 Å². The Bertz CT molecular complexity index is 1190. The van der Waals surface area contributed by atoms with Crippen molar-refractivity contribution in [1.82, 2.24) is 30.1 Å². The molecule has 0 saturated heterocycles. The number of thiophene rings is 1. The van der Waals surface area contributed by atoms with E-state index in [4.69, 9.17) is 0 Å². The Morgan fingerprint density at radius 3 is 2.25 bits per heavy atom. The molecule has 0 amide bonds. The van der Waals surface area contributed by atoms with Crippen molar-refractivity contribution in [2.45, 2.75) is 18.9 Å².